The van der Waals surface area contributed by atoms with Crippen molar-refractivity contribution in [3.8, 4) is 11.3 Å². The number of piperazine rings is 1. The summed E-state index contributed by atoms with van der Waals surface area (Å²) in [5.41, 5.74) is -0.234. The molecule has 0 amide bonds. The van der Waals surface area contributed by atoms with Crippen LogP contribution >= 0.6 is 11.3 Å². The van der Waals surface area contributed by atoms with Crippen LogP contribution in [-0.4, -0.2) is 75.7 Å². The zero-order chi connectivity index (χ0) is 30.9. The van der Waals surface area contributed by atoms with Crippen LogP contribution in [0, 0.1) is 11.6 Å². The summed E-state index contributed by atoms with van der Waals surface area (Å²) in [6.07, 6.45) is -1.12. The molecule has 2 atom stereocenters. The SMILES string of the molecule is C.C[C@@H]1CC[C@@H](C)N1Cc1sc(Cc2nccc(N3CCN(CCC(=O)O)CC3)c2F)nc1-c1cc(F)cc(C(F)(F)F)c1. The van der Waals surface area contributed by atoms with E-state index in [-0.39, 0.29) is 49.3 Å². The van der Waals surface area contributed by atoms with Crippen LogP contribution < -0.4 is 4.90 Å². The van der Waals surface area contributed by atoms with Gasteiger partial charge in [-0.2, -0.15) is 13.2 Å². The van der Waals surface area contributed by atoms with Crippen molar-refractivity contribution in [2.24, 2.45) is 0 Å². The van der Waals surface area contributed by atoms with Crippen molar-refractivity contribution in [1.29, 1.82) is 0 Å². The molecule has 0 bridgehead atoms. The molecule has 0 aliphatic carbocycles. The van der Waals surface area contributed by atoms with E-state index >= 15 is 4.39 Å². The first-order chi connectivity index (χ1) is 20.4. The molecule has 2 aliphatic heterocycles. The molecule has 2 fully saturated rings. The largest absolute Gasteiger partial charge is 0.481 e. The Hall–Kier alpha value is -3.16. The molecule has 1 aromatic carbocycles. The van der Waals surface area contributed by atoms with Crippen LogP contribution in [0.1, 0.15) is 61.7 Å². The summed E-state index contributed by atoms with van der Waals surface area (Å²) in [5, 5.41) is 9.41. The monoisotopic (exact) mass is 639 g/mol. The third-order valence-corrected chi connectivity index (χ3v) is 9.36. The molecule has 1 N–H and O–H groups in total. The molecule has 2 aliphatic rings. The van der Waals surface area contributed by atoms with E-state index in [0.717, 1.165) is 25.0 Å². The lowest BCUT2D eigenvalue weighted by Crippen LogP contribution is -2.47. The molecule has 240 valence electrons. The number of hydrogen-bond donors (Lipinski definition) is 1. The predicted molar refractivity (Wildman–Crippen MR) is 161 cm³/mol. The number of pyridine rings is 1. The normalized spacial score (nSPS) is 19.8. The Bertz CT molecular complexity index is 1450. The first kappa shape index (κ1) is 33.7. The lowest BCUT2D eigenvalue weighted by atomic mass is 10.1. The third kappa shape index (κ3) is 7.73. The minimum absolute atomic E-state index is 0. The first-order valence-corrected chi connectivity index (χ1v) is 15.2. The number of aromatic nitrogens is 2. The topological polar surface area (TPSA) is 72.8 Å². The van der Waals surface area contributed by atoms with Gasteiger partial charge in [0, 0.05) is 74.4 Å². The zero-order valence-corrected chi connectivity index (χ0v) is 24.8. The number of anilines is 1. The zero-order valence-electron chi connectivity index (χ0n) is 24.0. The van der Waals surface area contributed by atoms with Crippen molar-refractivity contribution < 1.29 is 31.9 Å². The smallest absolute Gasteiger partial charge is 0.416 e. The van der Waals surface area contributed by atoms with Gasteiger partial charge < -0.3 is 10.0 Å². The molecule has 4 heterocycles. The van der Waals surface area contributed by atoms with E-state index < -0.39 is 29.3 Å². The lowest BCUT2D eigenvalue weighted by molar-refractivity contribution is -0.138. The number of nitrogens with zero attached hydrogens (tertiary/aromatic N) is 5. The Morgan fingerprint density at radius 2 is 1.75 bits per heavy atom. The van der Waals surface area contributed by atoms with Crippen molar-refractivity contribution in [3.05, 3.63) is 63.2 Å². The van der Waals surface area contributed by atoms with E-state index in [4.69, 9.17) is 5.11 Å². The highest BCUT2D eigenvalue weighted by Crippen LogP contribution is 2.38. The number of thiazole rings is 1. The predicted octanol–water partition coefficient (Wildman–Crippen LogP) is 6.70. The van der Waals surface area contributed by atoms with Crippen LogP contribution in [0.5, 0.6) is 0 Å². The van der Waals surface area contributed by atoms with Crippen molar-refractivity contribution in [1.82, 2.24) is 19.8 Å². The van der Waals surface area contributed by atoms with Crippen LogP contribution in [0.15, 0.2) is 30.5 Å². The van der Waals surface area contributed by atoms with E-state index in [9.17, 15) is 22.4 Å². The van der Waals surface area contributed by atoms with E-state index in [1.807, 2.05) is 9.80 Å². The molecule has 5 rings (SSSR count). The Morgan fingerprint density at radius 1 is 1.07 bits per heavy atom. The fraction of sp³-hybridized carbons (Fsp3) is 0.516. The van der Waals surface area contributed by atoms with Gasteiger partial charge in [-0.15, -0.1) is 11.3 Å². The molecule has 7 nitrogen and oxygen atoms in total. The van der Waals surface area contributed by atoms with Gasteiger partial charge in [0.25, 0.3) is 0 Å². The molecule has 3 aromatic rings. The van der Waals surface area contributed by atoms with E-state index in [1.165, 1.54) is 17.5 Å². The summed E-state index contributed by atoms with van der Waals surface area (Å²) in [6.45, 7) is 7.34. The summed E-state index contributed by atoms with van der Waals surface area (Å²) in [7, 11) is 0. The number of benzene rings is 1. The molecule has 2 saturated heterocycles. The number of carbonyl (C=O) groups is 1. The van der Waals surface area contributed by atoms with Crippen LogP contribution in [0.25, 0.3) is 11.3 Å². The Morgan fingerprint density at radius 3 is 2.39 bits per heavy atom. The van der Waals surface area contributed by atoms with Crippen molar-refractivity contribution >= 4 is 23.0 Å². The molecule has 0 spiro atoms. The highest BCUT2D eigenvalue weighted by atomic mass is 32.1. The maximum Gasteiger partial charge on any atom is 0.416 e. The number of likely N-dealkylation sites (tertiary alicyclic amines) is 1. The van der Waals surface area contributed by atoms with Gasteiger partial charge in [-0.05, 0) is 51.0 Å². The maximum atomic E-state index is 15.8. The standard InChI is InChI=1S/C30H34F5N5O2S.CH4/c1-18-3-4-19(2)40(18)17-25-29(20-13-21(30(33,34)35)15-22(31)14-20)37-26(43-25)16-23-28(32)24(5-7-36-23)39-11-9-38(10-12-39)8-6-27(41)42;/h5,7,13-15,18-19H,3-4,6,8-12,16-17H2,1-2H3,(H,41,42);1H4/t18-,19-;/m1./s1. The molecule has 0 unspecified atom stereocenters. The van der Waals surface area contributed by atoms with Gasteiger partial charge in [-0.1, -0.05) is 7.43 Å². The second kappa shape index (κ2) is 13.9. The second-order valence-electron chi connectivity index (χ2n) is 11.3. The fourth-order valence-corrected chi connectivity index (χ4v) is 6.98. The maximum absolute atomic E-state index is 15.8. The number of aliphatic carboxylic acids is 1. The van der Waals surface area contributed by atoms with Crippen LogP contribution in [0.4, 0.5) is 27.6 Å². The highest BCUT2D eigenvalue weighted by molar-refractivity contribution is 7.12. The van der Waals surface area contributed by atoms with E-state index in [0.29, 0.717) is 60.9 Å². The minimum Gasteiger partial charge on any atom is -0.481 e. The van der Waals surface area contributed by atoms with Gasteiger partial charge in [-0.25, -0.2) is 13.8 Å². The van der Waals surface area contributed by atoms with Gasteiger partial charge >= 0.3 is 12.1 Å². The number of alkyl halides is 3. The number of carboxylic acid groups (broad SMARTS) is 1. The molecule has 44 heavy (non-hydrogen) atoms. The van der Waals surface area contributed by atoms with Crippen LogP contribution in [-0.2, 0) is 23.9 Å². The fourth-order valence-electron chi connectivity index (χ4n) is 5.88. The Balaban J connectivity index is 0.00000442. The average molecular weight is 640 g/mol. The highest BCUT2D eigenvalue weighted by Gasteiger charge is 2.33. The van der Waals surface area contributed by atoms with Gasteiger partial charge in [0.05, 0.1) is 34.1 Å². The van der Waals surface area contributed by atoms with E-state index in [2.05, 4.69) is 28.7 Å². The summed E-state index contributed by atoms with van der Waals surface area (Å²) in [6, 6.07) is 4.59. The first-order valence-electron chi connectivity index (χ1n) is 14.3. The molecular formula is C31H38F5N5O2S. The van der Waals surface area contributed by atoms with Crippen LogP contribution in [0.2, 0.25) is 0 Å². The van der Waals surface area contributed by atoms with Gasteiger partial charge in [0.1, 0.15) is 5.82 Å². The van der Waals surface area contributed by atoms with Crippen molar-refractivity contribution in [2.45, 2.75) is 71.8 Å². The Kier molecular flexibility index (Phi) is 10.6. The number of rotatable bonds is 9. The summed E-state index contributed by atoms with van der Waals surface area (Å²) < 4.78 is 70.8. The van der Waals surface area contributed by atoms with Crippen molar-refractivity contribution in [3.63, 3.8) is 0 Å². The van der Waals surface area contributed by atoms with Gasteiger partial charge in [-0.3, -0.25) is 19.6 Å². The quantitative estimate of drug-likeness (QED) is 0.262. The second-order valence-corrected chi connectivity index (χ2v) is 12.5. The molecule has 2 aromatic heterocycles. The average Bonchev–Trinajstić information content (AvgIpc) is 3.50. The van der Waals surface area contributed by atoms with Crippen LogP contribution in [0.3, 0.4) is 0 Å². The number of carboxylic acids is 1. The Labute approximate surface area is 258 Å². The van der Waals surface area contributed by atoms with Gasteiger partial charge in [0.15, 0.2) is 5.82 Å². The molecule has 13 heteroatoms. The summed E-state index contributed by atoms with van der Waals surface area (Å²) in [5.74, 6) is -2.35. The lowest BCUT2D eigenvalue weighted by Gasteiger charge is -2.36. The molecule has 0 radical (unpaired) electrons. The minimum atomic E-state index is -4.72. The number of hydrogen-bond acceptors (Lipinski definition) is 7. The van der Waals surface area contributed by atoms with Gasteiger partial charge in [0.2, 0.25) is 0 Å². The molecular weight excluding hydrogens is 601 g/mol. The summed E-state index contributed by atoms with van der Waals surface area (Å²) in [4.78, 5) is 26.7. The van der Waals surface area contributed by atoms with Crippen molar-refractivity contribution in [2.75, 3.05) is 37.6 Å². The third-order valence-electron chi connectivity index (χ3n) is 8.32. The molecule has 0 saturated carbocycles. The number of halogens is 5. The van der Waals surface area contributed by atoms with E-state index in [1.54, 1.807) is 6.07 Å². The summed E-state index contributed by atoms with van der Waals surface area (Å²) >= 11 is 1.29.